The van der Waals surface area contributed by atoms with Crippen molar-refractivity contribution in [3.63, 3.8) is 0 Å². The van der Waals surface area contributed by atoms with Gasteiger partial charge in [-0.15, -0.1) is 0 Å². The first kappa shape index (κ1) is 13.3. The van der Waals surface area contributed by atoms with Crippen molar-refractivity contribution < 1.29 is 9.18 Å². The molecule has 0 aliphatic rings. The molecular formula is C16H16FNO. The summed E-state index contributed by atoms with van der Waals surface area (Å²) in [5, 5.41) is 0. The van der Waals surface area contributed by atoms with Gasteiger partial charge in [-0.2, -0.15) is 0 Å². The molecule has 0 amide bonds. The average molecular weight is 257 g/mol. The van der Waals surface area contributed by atoms with Gasteiger partial charge in [-0.1, -0.05) is 36.4 Å². The first-order valence-electron chi connectivity index (χ1n) is 6.18. The highest BCUT2D eigenvalue weighted by Gasteiger charge is 2.10. The third-order valence-electron chi connectivity index (χ3n) is 2.96. The van der Waals surface area contributed by atoms with Crippen LogP contribution in [0.2, 0.25) is 0 Å². The lowest BCUT2D eigenvalue weighted by atomic mass is 10.1. The van der Waals surface area contributed by atoms with Crippen molar-refractivity contribution in [2.45, 2.75) is 6.42 Å². The van der Waals surface area contributed by atoms with Crippen molar-refractivity contribution in [3.8, 4) is 0 Å². The summed E-state index contributed by atoms with van der Waals surface area (Å²) < 4.78 is 13.4. The molecule has 2 aromatic rings. The highest BCUT2D eigenvalue weighted by molar-refractivity contribution is 5.85. The van der Waals surface area contributed by atoms with Crippen LogP contribution in [0.25, 0.3) is 0 Å². The SMILES string of the molecule is CN(CC(=O)Cc1ccccc1F)c1ccccc1. The molecule has 0 unspecified atom stereocenters. The molecule has 0 radical (unpaired) electrons. The maximum absolute atomic E-state index is 13.4. The Labute approximate surface area is 112 Å². The largest absolute Gasteiger partial charge is 0.367 e. The second kappa shape index (κ2) is 6.14. The van der Waals surface area contributed by atoms with Crippen molar-refractivity contribution in [2.75, 3.05) is 18.5 Å². The van der Waals surface area contributed by atoms with Gasteiger partial charge in [0.25, 0.3) is 0 Å². The summed E-state index contributed by atoms with van der Waals surface area (Å²) in [5.74, 6) is -0.324. The van der Waals surface area contributed by atoms with Gasteiger partial charge in [0.15, 0.2) is 5.78 Å². The number of ketones is 1. The first-order chi connectivity index (χ1) is 9.16. The minimum atomic E-state index is -0.321. The molecule has 98 valence electrons. The topological polar surface area (TPSA) is 20.3 Å². The van der Waals surface area contributed by atoms with E-state index in [1.54, 1.807) is 18.2 Å². The minimum absolute atomic E-state index is 0.00328. The Kier molecular flexibility index (Phi) is 4.29. The smallest absolute Gasteiger partial charge is 0.156 e. The standard InChI is InChI=1S/C16H16FNO/c1-18(14-8-3-2-4-9-14)12-15(19)11-13-7-5-6-10-16(13)17/h2-10H,11-12H2,1H3. The Hall–Kier alpha value is -2.16. The first-order valence-corrected chi connectivity index (χ1v) is 6.18. The van der Waals surface area contributed by atoms with Crippen LogP contribution in [0.4, 0.5) is 10.1 Å². The molecule has 2 aromatic carbocycles. The number of para-hydroxylation sites is 1. The summed E-state index contributed by atoms with van der Waals surface area (Å²) in [6.07, 6.45) is 0.129. The number of carbonyl (C=O) groups excluding carboxylic acids is 1. The maximum atomic E-state index is 13.4. The number of nitrogens with zero attached hydrogens (tertiary/aromatic N) is 1. The van der Waals surface area contributed by atoms with E-state index in [4.69, 9.17) is 0 Å². The molecule has 0 saturated heterocycles. The van der Waals surface area contributed by atoms with Crippen molar-refractivity contribution in [2.24, 2.45) is 0 Å². The Morgan fingerprint density at radius 1 is 1.05 bits per heavy atom. The second-order valence-corrected chi connectivity index (χ2v) is 4.50. The number of anilines is 1. The lowest BCUT2D eigenvalue weighted by molar-refractivity contribution is -0.117. The number of hydrogen-bond donors (Lipinski definition) is 0. The van der Waals surface area contributed by atoms with Crippen LogP contribution in [-0.2, 0) is 11.2 Å². The third-order valence-corrected chi connectivity index (χ3v) is 2.96. The number of halogens is 1. The predicted octanol–water partition coefficient (Wildman–Crippen LogP) is 3.07. The van der Waals surface area contributed by atoms with Gasteiger partial charge in [-0.25, -0.2) is 4.39 Å². The highest BCUT2D eigenvalue weighted by Crippen LogP contribution is 2.12. The van der Waals surface area contributed by atoms with Gasteiger partial charge in [0.1, 0.15) is 5.82 Å². The van der Waals surface area contributed by atoms with Gasteiger partial charge in [0.05, 0.1) is 6.54 Å². The molecule has 3 heteroatoms. The molecule has 0 fully saturated rings. The lowest BCUT2D eigenvalue weighted by Crippen LogP contribution is -2.26. The Morgan fingerprint density at radius 3 is 2.37 bits per heavy atom. The molecule has 0 bridgehead atoms. The summed E-state index contributed by atoms with van der Waals surface area (Å²) in [6, 6.07) is 16.1. The molecule has 0 N–H and O–H groups in total. The number of Topliss-reactive ketones (excluding diaryl/α,β-unsaturated/α-hetero) is 1. The van der Waals surface area contributed by atoms with Crippen molar-refractivity contribution in [1.82, 2.24) is 0 Å². The van der Waals surface area contributed by atoms with Crippen molar-refractivity contribution in [3.05, 3.63) is 66.0 Å². The summed E-state index contributed by atoms with van der Waals surface area (Å²) in [6.45, 7) is 0.276. The molecule has 0 saturated carbocycles. The summed E-state index contributed by atoms with van der Waals surface area (Å²) in [7, 11) is 1.86. The van der Waals surface area contributed by atoms with Crippen LogP contribution in [0.1, 0.15) is 5.56 Å². The van der Waals surface area contributed by atoms with E-state index < -0.39 is 0 Å². The molecule has 0 aromatic heterocycles. The van der Waals surface area contributed by atoms with Crippen LogP contribution in [0, 0.1) is 5.82 Å². The number of carbonyl (C=O) groups is 1. The van der Waals surface area contributed by atoms with Crippen molar-refractivity contribution in [1.29, 1.82) is 0 Å². The van der Waals surface area contributed by atoms with Gasteiger partial charge in [-0.05, 0) is 23.8 Å². The van der Waals surface area contributed by atoms with E-state index >= 15 is 0 Å². The number of benzene rings is 2. The minimum Gasteiger partial charge on any atom is -0.367 e. The molecule has 0 aliphatic carbocycles. The zero-order valence-corrected chi connectivity index (χ0v) is 10.8. The molecule has 0 heterocycles. The van der Waals surface area contributed by atoms with Gasteiger partial charge in [-0.3, -0.25) is 4.79 Å². The summed E-state index contributed by atoms with van der Waals surface area (Å²) >= 11 is 0. The fraction of sp³-hybridized carbons (Fsp3) is 0.188. The molecule has 0 atom stereocenters. The maximum Gasteiger partial charge on any atom is 0.156 e. The van der Waals surface area contributed by atoms with Gasteiger partial charge in [0.2, 0.25) is 0 Å². The van der Waals surface area contributed by atoms with Crippen molar-refractivity contribution >= 4 is 11.5 Å². The number of hydrogen-bond acceptors (Lipinski definition) is 2. The summed E-state index contributed by atoms with van der Waals surface area (Å²) in [5.41, 5.74) is 1.43. The average Bonchev–Trinajstić information content (AvgIpc) is 2.42. The second-order valence-electron chi connectivity index (χ2n) is 4.50. The van der Waals surface area contributed by atoms with E-state index in [1.165, 1.54) is 6.07 Å². The van der Waals surface area contributed by atoms with Crippen LogP contribution >= 0.6 is 0 Å². The lowest BCUT2D eigenvalue weighted by Gasteiger charge is -2.18. The summed E-state index contributed by atoms with van der Waals surface area (Å²) in [4.78, 5) is 13.8. The fourth-order valence-corrected chi connectivity index (χ4v) is 1.95. The fourth-order valence-electron chi connectivity index (χ4n) is 1.95. The van der Waals surface area contributed by atoms with E-state index in [0.717, 1.165) is 5.69 Å². The van der Waals surface area contributed by atoms with Gasteiger partial charge in [0, 0.05) is 19.2 Å². The third kappa shape index (κ3) is 3.65. The highest BCUT2D eigenvalue weighted by atomic mass is 19.1. The molecule has 2 nitrogen and oxygen atoms in total. The monoisotopic (exact) mass is 257 g/mol. The van der Waals surface area contributed by atoms with E-state index in [0.29, 0.717) is 5.56 Å². The van der Waals surface area contributed by atoms with E-state index in [1.807, 2.05) is 42.3 Å². The van der Waals surface area contributed by atoms with Gasteiger partial charge >= 0.3 is 0 Å². The number of rotatable bonds is 5. The van der Waals surface area contributed by atoms with Crippen LogP contribution in [-0.4, -0.2) is 19.4 Å². The molecule has 19 heavy (non-hydrogen) atoms. The van der Waals surface area contributed by atoms with Crippen LogP contribution in [0.5, 0.6) is 0 Å². The van der Waals surface area contributed by atoms with Gasteiger partial charge < -0.3 is 4.90 Å². The quantitative estimate of drug-likeness (QED) is 0.820. The predicted molar refractivity (Wildman–Crippen MR) is 74.8 cm³/mol. The van der Waals surface area contributed by atoms with Crippen LogP contribution in [0.15, 0.2) is 54.6 Å². The zero-order chi connectivity index (χ0) is 13.7. The van der Waals surface area contributed by atoms with E-state index in [2.05, 4.69) is 0 Å². The molecule has 0 spiro atoms. The Balaban J connectivity index is 1.97. The van der Waals surface area contributed by atoms with E-state index in [-0.39, 0.29) is 24.6 Å². The Bertz CT molecular complexity index is 554. The van der Waals surface area contributed by atoms with Crippen LogP contribution < -0.4 is 4.90 Å². The molecule has 2 rings (SSSR count). The zero-order valence-electron chi connectivity index (χ0n) is 10.8. The number of likely N-dealkylation sites (N-methyl/N-ethyl adjacent to an activating group) is 1. The molecule has 0 aliphatic heterocycles. The van der Waals surface area contributed by atoms with E-state index in [9.17, 15) is 9.18 Å². The van der Waals surface area contributed by atoms with Crippen LogP contribution in [0.3, 0.4) is 0 Å². The molecular weight excluding hydrogens is 241 g/mol. The normalized spacial score (nSPS) is 10.2. The Morgan fingerprint density at radius 2 is 1.68 bits per heavy atom.